The first-order valence-electron chi connectivity index (χ1n) is 3.90. The van der Waals surface area contributed by atoms with E-state index in [1.54, 1.807) is 0 Å². The van der Waals surface area contributed by atoms with Crippen LogP contribution in [0, 0.1) is 5.41 Å². The molecule has 12 heavy (non-hydrogen) atoms. The average molecular weight is 171 g/mol. The highest BCUT2D eigenvalue weighted by Crippen LogP contribution is 2.18. The molecule has 0 bridgehead atoms. The summed E-state index contributed by atoms with van der Waals surface area (Å²) >= 11 is 0. The molecule has 0 aromatic carbocycles. The summed E-state index contributed by atoms with van der Waals surface area (Å²) in [6.07, 6.45) is 0.841. The molecule has 0 heterocycles. The van der Waals surface area contributed by atoms with E-state index in [1.807, 2.05) is 6.92 Å². The summed E-state index contributed by atoms with van der Waals surface area (Å²) in [6.45, 7) is 8.18. The first-order valence-corrected chi connectivity index (χ1v) is 3.90. The molecule has 2 amide bonds. The Kier molecular flexibility index (Phi) is 3.73. The van der Waals surface area contributed by atoms with Gasteiger partial charge >= 0.3 is 6.03 Å². The number of nitrogens with two attached hydrogens (primary N) is 1. The van der Waals surface area contributed by atoms with Gasteiger partial charge in [-0.2, -0.15) is 5.10 Å². The fourth-order valence-corrected chi connectivity index (χ4v) is 0.958. The highest BCUT2D eigenvalue weighted by Gasteiger charge is 2.11. The van der Waals surface area contributed by atoms with Crippen LogP contribution in [0.2, 0.25) is 0 Å². The van der Waals surface area contributed by atoms with Gasteiger partial charge in [0.05, 0.1) is 0 Å². The van der Waals surface area contributed by atoms with E-state index in [-0.39, 0.29) is 5.41 Å². The molecule has 0 aliphatic heterocycles. The fourth-order valence-electron chi connectivity index (χ4n) is 0.958. The minimum absolute atomic E-state index is 0.187. The van der Waals surface area contributed by atoms with E-state index in [1.165, 1.54) is 0 Å². The molecule has 0 saturated heterocycles. The predicted molar refractivity (Wildman–Crippen MR) is 49.9 cm³/mol. The van der Waals surface area contributed by atoms with Crippen molar-refractivity contribution in [3.05, 3.63) is 0 Å². The number of nitrogens with zero attached hydrogens (tertiary/aromatic N) is 1. The number of hydrazone groups is 1. The third kappa shape index (κ3) is 7.05. The second-order valence-corrected chi connectivity index (χ2v) is 4.06. The highest BCUT2D eigenvalue weighted by atomic mass is 16.2. The first-order chi connectivity index (χ1) is 5.31. The van der Waals surface area contributed by atoms with Crippen LogP contribution < -0.4 is 11.2 Å². The van der Waals surface area contributed by atoms with E-state index in [2.05, 4.69) is 31.3 Å². The van der Waals surface area contributed by atoms with Gasteiger partial charge in [0.2, 0.25) is 0 Å². The van der Waals surface area contributed by atoms with Crippen LogP contribution in [0.3, 0.4) is 0 Å². The summed E-state index contributed by atoms with van der Waals surface area (Å²) in [5, 5.41) is 3.80. The highest BCUT2D eigenvalue weighted by molar-refractivity contribution is 5.84. The van der Waals surface area contributed by atoms with Crippen LogP contribution in [0.15, 0.2) is 5.10 Å². The van der Waals surface area contributed by atoms with Crippen molar-refractivity contribution in [1.29, 1.82) is 0 Å². The molecule has 3 N–H and O–H groups in total. The third-order valence-corrected chi connectivity index (χ3v) is 1.14. The molecule has 0 radical (unpaired) electrons. The van der Waals surface area contributed by atoms with Crippen molar-refractivity contribution in [3.63, 3.8) is 0 Å². The van der Waals surface area contributed by atoms with Crippen LogP contribution in [0.5, 0.6) is 0 Å². The minimum atomic E-state index is -0.622. The van der Waals surface area contributed by atoms with Gasteiger partial charge in [0.25, 0.3) is 0 Å². The zero-order chi connectivity index (χ0) is 9.78. The van der Waals surface area contributed by atoms with E-state index in [0.717, 1.165) is 12.1 Å². The summed E-state index contributed by atoms with van der Waals surface area (Å²) in [5.41, 5.74) is 8.11. The molecule has 0 fully saturated rings. The van der Waals surface area contributed by atoms with Crippen molar-refractivity contribution in [3.8, 4) is 0 Å². The largest absolute Gasteiger partial charge is 0.350 e. The van der Waals surface area contributed by atoms with E-state index >= 15 is 0 Å². The Balaban J connectivity index is 3.95. The van der Waals surface area contributed by atoms with Gasteiger partial charge in [-0.25, -0.2) is 10.2 Å². The molecule has 0 rings (SSSR count). The van der Waals surface area contributed by atoms with Gasteiger partial charge in [-0.1, -0.05) is 20.8 Å². The number of hydrogen-bond acceptors (Lipinski definition) is 2. The SMILES string of the molecule is C/C(CC(C)(C)C)=N/NC(N)=O. The molecule has 0 saturated carbocycles. The maximum Gasteiger partial charge on any atom is 0.332 e. The quantitative estimate of drug-likeness (QED) is 0.479. The summed E-state index contributed by atoms with van der Waals surface area (Å²) in [7, 11) is 0. The van der Waals surface area contributed by atoms with Crippen LogP contribution in [0.25, 0.3) is 0 Å². The predicted octanol–water partition coefficient (Wildman–Crippen LogP) is 1.47. The fraction of sp³-hybridized carbons (Fsp3) is 0.750. The van der Waals surface area contributed by atoms with Gasteiger partial charge in [0, 0.05) is 5.71 Å². The zero-order valence-corrected chi connectivity index (χ0v) is 8.14. The normalized spacial score (nSPS) is 12.8. The molecule has 0 aromatic rings. The van der Waals surface area contributed by atoms with Crippen molar-refractivity contribution >= 4 is 11.7 Å². The van der Waals surface area contributed by atoms with Crippen molar-refractivity contribution in [2.75, 3.05) is 0 Å². The molecule has 4 nitrogen and oxygen atoms in total. The molecule has 0 aromatic heterocycles. The Labute approximate surface area is 73.2 Å². The van der Waals surface area contributed by atoms with E-state index in [9.17, 15) is 4.79 Å². The lowest BCUT2D eigenvalue weighted by Gasteiger charge is -2.17. The second kappa shape index (κ2) is 4.09. The van der Waals surface area contributed by atoms with E-state index in [4.69, 9.17) is 5.73 Å². The number of urea groups is 1. The summed E-state index contributed by atoms with van der Waals surface area (Å²) in [6, 6.07) is -0.622. The van der Waals surface area contributed by atoms with Gasteiger partial charge in [0.15, 0.2) is 0 Å². The lowest BCUT2D eigenvalue weighted by Crippen LogP contribution is -2.26. The van der Waals surface area contributed by atoms with Crippen LogP contribution in [-0.2, 0) is 0 Å². The van der Waals surface area contributed by atoms with Gasteiger partial charge in [0.1, 0.15) is 0 Å². The number of primary amides is 1. The standard InChI is InChI=1S/C8H17N3O/c1-6(5-8(2,3)4)10-11-7(9)12/h5H2,1-4H3,(H3,9,11,12)/b10-6-. The lowest BCUT2D eigenvalue weighted by molar-refractivity contribution is 0.249. The number of hydrogen-bond donors (Lipinski definition) is 2. The molecule has 0 aliphatic carbocycles. The third-order valence-electron chi connectivity index (χ3n) is 1.14. The van der Waals surface area contributed by atoms with Crippen molar-refractivity contribution < 1.29 is 4.79 Å². The van der Waals surface area contributed by atoms with Crippen molar-refractivity contribution in [2.45, 2.75) is 34.1 Å². The van der Waals surface area contributed by atoms with Crippen LogP contribution >= 0.6 is 0 Å². The molecule has 4 heteroatoms. The number of amides is 2. The van der Waals surface area contributed by atoms with Gasteiger partial charge < -0.3 is 5.73 Å². The van der Waals surface area contributed by atoms with Gasteiger partial charge in [-0.15, -0.1) is 0 Å². The molecule has 0 spiro atoms. The van der Waals surface area contributed by atoms with Gasteiger partial charge in [-0.05, 0) is 18.8 Å². The summed E-state index contributed by atoms with van der Waals surface area (Å²) < 4.78 is 0. The Hall–Kier alpha value is -1.06. The van der Waals surface area contributed by atoms with Crippen LogP contribution in [-0.4, -0.2) is 11.7 Å². The summed E-state index contributed by atoms with van der Waals surface area (Å²) in [4.78, 5) is 10.3. The maximum absolute atomic E-state index is 10.3. The molecule has 0 aliphatic rings. The van der Waals surface area contributed by atoms with Crippen LogP contribution in [0.4, 0.5) is 4.79 Å². The lowest BCUT2D eigenvalue weighted by atomic mass is 9.90. The average Bonchev–Trinajstić information content (AvgIpc) is 1.79. The number of nitrogens with one attached hydrogen (secondary N) is 1. The topological polar surface area (TPSA) is 67.5 Å². The Morgan fingerprint density at radius 1 is 1.50 bits per heavy atom. The smallest absolute Gasteiger partial charge is 0.332 e. The molecule has 0 unspecified atom stereocenters. The van der Waals surface area contributed by atoms with Crippen LogP contribution in [0.1, 0.15) is 34.1 Å². The van der Waals surface area contributed by atoms with Crippen molar-refractivity contribution in [1.82, 2.24) is 5.43 Å². The molecule has 70 valence electrons. The number of carbonyl (C=O) groups is 1. The second-order valence-electron chi connectivity index (χ2n) is 4.06. The van der Waals surface area contributed by atoms with Gasteiger partial charge in [-0.3, -0.25) is 0 Å². The summed E-state index contributed by atoms with van der Waals surface area (Å²) in [5.74, 6) is 0. The Morgan fingerprint density at radius 2 is 2.00 bits per heavy atom. The molecular formula is C8H17N3O. The monoisotopic (exact) mass is 171 g/mol. The molecule has 0 atom stereocenters. The van der Waals surface area contributed by atoms with Crippen molar-refractivity contribution in [2.24, 2.45) is 16.3 Å². The number of carbonyl (C=O) groups excluding carboxylic acids is 1. The Morgan fingerprint density at radius 3 is 2.33 bits per heavy atom. The molecular weight excluding hydrogens is 154 g/mol. The minimum Gasteiger partial charge on any atom is -0.350 e. The number of rotatable bonds is 2. The van der Waals surface area contributed by atoms with E-state index in [0.29, 0.717) is 0 Å². The zero-order valence-electron chi connectivity index (χ0n) is 8.14. The van der Waals surface area contributed by atoms with E-state index < -0.39 is 6.03 Å². The Bertz CT molecular complexity index is 191. The first kappa shape index (κ1) is 10.9. The maximum atomic E-state index is 10.3.